The number of aromatic nitrogens is 3. The normalized spacial score (nSPS) is 12.4. The van der Waals surface area contributed by atoms with Crippen molar-refractivity contribution >= 4 is 28.4 Å². The van der Waals surface area contributed by atoms with Crippen molar-refractivity contribution in [3.63, 3.8) is 0 Å². The molecule has 3 aromatic heterocycles. The minimum Gasteiger partial charge on any atom is -0.443 e. The highest BCUT2D eigenvalue weighted by atomic mass is 16.3. The number of hydrogen-bond acceptors (Lipinski definition) is 6. The van der Waals surface area contributed by atoms with Crippen LogP contribution in [0.25, 0.3) is 22.2 Å². The number of nitrogens with zero attached hydrogens (tertiary/aromatic N) is 4. The van der Waals surface area contributed by atoms with Gasteiger partial charge in [-0.2, -0.15) is 10.4 Å². The van der Waals surface area contributed by atoms with E-state index in [9.17, 15) is 10.1 Å². The molecule has 1 amide bonds. The number of hydrogen-bond donors (Lipinski definition) is 2. The van der Waals surface area contributed by atoms with Crippen LogP contribution in [-0.4, -0.2) is 26.7 Å². The molecule has 2 atom stereocenters. The Hall–Kier alpha value is -4.38. The van der Waals surface area contributed by atoms with Crippen LogP contribution in [0.4, 0.5) is 11.5 Å². The number of carbonyl (C=O) groups excluding carboxylic acids is 1. The molecule has 0 saturated heterocycles. The van der Waals surface area contributed by atoms with Gasteiger partial charge in [0.25, 0.3) is 5.91 Å². The van der Waals surface area contributed by atoms with E-state index in [0.717, 1.165) is 37.7 Å². The van der Waals surface area contributed by atoms with Crippen molar-refractivity contribution < 1.29 is 9.21 Å². The number of allylic oxidation sites excluding steroid dienone is 1. The first-order valence-corrected chi connectivity index (χ1v) is 14.6. The van der Waals surface area contributed by atoms with Crippen LogP contribution in [0.15, 0.2) is 65.4 Å². The number of nitriles is 1. The molecule has 4 rings (SSSR count). The molecule has 0 saturated carbocycles. The van der Waals surface area contributed by atoms with Crippen LogP contribution >= 0.6 is 0 Å². The Labute approximate surface area is 243 Å². The average molecular weight is 555 g/mol. The molecule has 216 valence electrons. The molecule has 0 bridgehead atoms. The molecule has 1 aromatic carbocycles. The van der Waals surface area contributed by atoms with Gasteiger partial charge in [0.15, 0.2) is 5.58 Å². The molecule has 0 aliphatic heterocycles. The molecule has 0 spiro atoms. The first kappa shape index (κ1) is 31.2. The van der Waals surface area contributed by atoms with E-state index >= 15 is 0 Å². The zero-order valence-corrected chi connectivity index (χ0v) is 25.1. The van der Waals surface area contributed by atoms with Crippen LogP contribution in [0.2, 0.25) is 0 Å². The van der Waals surface area contributed by atoms with Crippen LogP contribution in [-0.2, 0) is 7.05 Å². The zero-order chi connectivity index (χ0) is 29.8. The largest absolute Gasteiger partial charge is 0.443 e. The Kier molecular flexibility index (Phi) is 11.7. The van der Waals surface area contributed by atoms with E-state index in [2.05, 4.69) is 53.6 Å². The highest BCUT2D eigenvalue weighted by Crippen LogP contribution is 2.31. The Morgan fingerprint density at radius 1 is 1.20 bits per heavy atom. The van der Waals surface area contributed by atoms with Crippen molar-refractivity contribution in [2.24, 2.45) is 13.0 Å². The van der Waals surface area contributed by atoms with Crippen molar-refractivity contribution in [1.82, 2.24) is 14.8 Å². The second-order valence-corrected chi connectivity index (χ2v) is 9.96. The average Bonchev–Trinajstić information content (AvgIpc) is 3.55. The summed E-state index contributed by atoms with van der Waals surface area (Å²) in [5, 5.41) is 21.3. The third-order valence-electron chi connectivity index (χ3n) is 6.81. The number of carbonyl (C=O) groups is 1. The van der Waals surface area contributed by atoms with Crippen molar-refractivity contribution in [1.29, 1.82) is 5.26 Å². The molecule has 2 N–H and O–H groups in total. The van der Waals surface area contributed by atoms with Crippen molar-refractivity contribution in [3.8, 4) is 17.3 Å². The molecule has 0 fully saturated rings. The molecule has 0 aliphatic rings. The number of benzene rings is 1. The van der Waals surface area contributed by atoms with E-state index in [0.29, 0.717) is 34.1 Å². The van der Waals surface area contributed by atoms with Gasteiger partial charge < -0.3 is 15.1 Å². The summed E-state index contributed by atoms with van der Waals surface area (Å²) in [4.78, 5) is 18.1. The fraction of sp³-hybridized carbons (Fsp3) is 0.394. The number of unbranched alkanes of at least 4 members (excludes halogenated alkanes) is 1. The lowest BCUT2D eigenvalue weighted by molar-refractivity contribution is 0.102. The van der Waals surface area contributed by atoms with Crippen LogP contribution in [0.3, 0.4) is 0 Å². The Bertz CT molecular complexity index is 1480. The molecule has 3 heterocycles. The van der Waals surface area contributed by atoms with Gasteiger partial charge in [-0.05, 0) is 31.2 Å². The fourth-order valence-corrected chi connectivity index (χ4v) is 4.58. The highest BCUT2D eigenvalue weighted by Gasteiger charge is 2.24. The number of nitrogens with one attached hydrogen (secondary N) is 2. The summed E-state index contributed by atoms with van der Waals surface area (Å²) in [5.41, 5.74) is 2.64. The van der Waals surface area contributed by atoms with Gasteiger partial charge in [-0.3, -0.25) is 9.48 Å². The second kappa shape index (κ2) is 15.4. The highest BCUT2D eigenvalue weighted by molar-refractivity contribution is 6.15. The number of aryl methyl sites for hydroxylation is 1. The van der Waals surface area contributed by atoms with Gasteiger partial charge in [0.1, 0.15) is 23.1 Å². The van der Waals surface area contributed by atoms with Crippen molar-refractivity contribution in [3.05, 3.63) is 72.3 Å². The monoisotopic (exact) mass is 554 g/mol. The molecular formula is C33H42N6O2. The Morgan fingerprint density at radius 2 is 1.95 bits per heavy atom. The van der Waals surface area contributed by atoms with E-state index in [4.69, 9.17) is 4.42 Å². The smallest absolute Gasteiger partial charge is 0.261 e. The fourth-order valence-electron chi connectivity index (χ4n) is 4.58. The van der Waals surface area contributed by atoms with Crippen molar-refractivity contribution in [2.45, 2.75) is 72.8 Å². The topological polar surface area (TPSA) is 109 Å². The summed E-state index contributed by atoms with van der Waals surface area (Å²) >= 11 is 0. The summed E-state index contributed by atoms with van der Waals surface area (Å²) in [6.07, 6.45) is 12.9. The molecule has 0 radical (unpaired) electrons. The lowest BCUT2D eigenvalue weighted by Gasteiger charge is -2.21. The van der Waals surface area contributed by atoms with Gasteiger partial charge >= 0.3 is 0 Å². The molecular weight excluding hydrogens is 512 g/mol. The van der Waals surface area contributed by atoms with Gasteiger partial charge in [-0.25, -0.2) is 4.98 Å². The van der Waals surface area contributed by atoms with Gasteiger partial charge in [0, 0.05) is 30.2 Å². The number of rotatable bonds is 12. The number of pyridine rings is 1. The van der Waals surface area contributed by atoms with E-state index < -0.39 is 5.91 Å². The van der Waals surface area contributed by atoms with Crippen LogP contribution in [0, 0.1) is 17.2 Å². The number of amides is 1. The molecule has 4 aromatic rings. The Balaban J connectivity index is 0.00000226. The summed E-state index contributed by atoms with van der Waals surface area (Å²) in [6, 6.07) is 13.7. The zero-order valence-electron chi connectivity index (χ0n) is 25.1. The number of anilines is 2. The van der Waals surface area contributed by atoms with Gasteiger partial charge in [-0.1, -0.05) is 89.9 Å². The standard InChI is InChI=1S/C31H36N6O2.C2H6/c1-5-7-8-12-15-23(16-21(3)6-2)34-28-17-24-27(19-33-28)39-26(18-32)29(24)31(38)35-25-20-37(4)36-30(25)22-13-10-9-11-14-22;1-2/h8-14,17,19-21,23H,5-7,15-16H2,1-4H3,(H,33,34)(H,35,38);1-2H3/b12-8-;. The first-order valence-electron chi connectivity index (χ1n) is 14.6. The van der Waals surface area contributed by atoms with E-state index in [1.54, 1.807) is 30.2 Å². The molecule has 8 heteroatoms. The third kappa shape index (κ3) is 8.07. The predicted molar refractivity (Wildman–Crippen MR) is 167 cm³/mol. The minimum absolute atomic E-state index is 0.0507. The van der Waals surface area contributed by atoms with Gasteiger partial charge in [-0.15, -0.1) is 0 Å². The van der Waals surface area contributed by atoms with Crippen molar-refractivity contribution in [2.75, 3.05) is 10.6 Å². The molecule has 41 heavy (non-hydrogen) atoms. The molecule has 0 aliphatic carbocycles. The third-order valence-corrected chi connectivity index (χ3v) is 6.81. The molecule has 8 nitrogen and oxygen atoms in total. The second-order valence-electron chi connectivity index (χ2n) is 9.96. The lowest BCUT2D eigenvalue weighted by atomic mass is 9.97. The quantitative estimate of drug-likeness (QED) is 0.170. The predicted octanol–water partition coefficient (Wildman–Crippen LogP) is 8.34. The summed E-state index contributed by atoms with van der Waals surface area (Å²) < 4.78 is 7.36. The van der Waals surface area contributed by atoms with Gasteiger partial charge in [0.05, 0.1) is 11.9 Å². The van der Waals surface area contributed by atoms with E-state index in [1.807, 2.05) is 50.2 Å². The SMILES string of the molecule is CC.CCC/C=C\CC(CC(C)CC)Nc1cc2c(C(=O)Nc3cn(C)nc3-c3ccccc3)c(C#N)oc2cn1. The maximum absolute atomic E-state index is 13.6. The maximum Gasteiger partial charge on any atom is 0.261 e. The van der Waals surface area contributed by atoms with E-state index in [-0.39, 0.29) is 17.4 Å². The van der Waals surface area contributed by atoms with Crippen LogP contribution < -0.4 is 10.6 Å². The lowest BCUT2D eigenvalue weighted by Crippen LogP contribution is -2.22. The maximum atomic E-state index is 13.6. The van der Waals surface area contributed by atoms with Crippen LogP contribution in [0.1, 0.15) is 82.8 Å². The summed E-state index contributed by atoms with van der Waals surface area (Å²) in [6.45, 7) is 10.6. The summed E-state index contributed by atoms with van der Waals surface area (Å²) in [7, 11) is 1.80. The number of furan rings is 1. The van der Waals surface area contributed by atoms with Crippen LogP contribution in [0.5, 0.6) is 0 Å². The summed E-state index contributed by atoms with van der Waals surface area (Å²) in [5.74, 6) is 0.714. The number of fused-ring (bicyclic) bond motifs is 1. The first-order chi connectivity index (χ1) is 19.9. The molecule has 2 unspecified atom stereocenters. The van der Waals surface area contributed by atoms with Gasteiger partial charge in [0.2, 0.25) is 5.76 Å². The Morgan fingerprint density at radius 3 is 2.63 bits per heavy atom. The minimum atomic E-state index is -0.439. The van der Waals surface area contributed by atoms with E-state index in [1.165, 1.54) is 0 Å².